The van der Waals surface area contributed by atoms with Crippen molar-refractivity contribution in [2.75, 3.05) is 17.8 Å². The van der Waals surface area contributed by atoms with Crippen LogP contribution in [0.3, 0.4) is 0 Å². The highest BCUT2D eigenvalue weighted by molar-refractivity contribution is 6.28. The number of anilines is 1. The molecular weight excluding hydrogens is 376 g/mol. The number of likely N-dealkylation sites (N-methyl/N-ethyl adjacent to an activating group) is 1. The number of fused-ring (bicyclic) bond motifs is 2. The van der Waals surface area contributed by atoms with E-state index in [-0.39, 0.29) is 58.9 Å². The highest BCUT2D eigenvalue weighted by Crippen LogP contribution is 2.70. The molecule has 1 spiro atoms. The van der Waals surface area contributed by atoms with Gasteiger partial charge in [0.2, 0.25) is 0 Å². The van der Waals surface area contributed by atoms with E-state index < -0.39 is 12.3 Å². The lowest BCUT2D eigenvalue weighted by Crippen LogP contribution is -2.77. The molecule has 7 rings (SSSR count). The number of hydrogen-bond acceptors (Lipinski definition) is 5. The molecule has 6 aliphatic rings. The van der Waals surface area contributed by atoms with Crippen LogP contribution in [-0.2, 0) is 10.2 Å². The van der Waals surface area contributed by atoms with E-state index in [1.165, 1.54) is 5.56 Å². The van der Waals surface area contributed by atoms with Crippen LogP contribution in [0.1, 0.15) is 25.3 Å². The molecule has 1 aromatic carbocycles. The molecule has 0 amide bonds. The predicted molar refractivity (Wildman–Crippen MR) is 106 cm³/mol. The van der Waals surface area contributed by atoms with Gasteiger partial charge in [0.05, 0.1) is 18.0 Å². The van der Waals surface area contributed by atoms with Gasteiger partial charge in [0, 0.05) is 48.0 Å². The molecule has 0 radical (unpaired) electrons. The molecule has 6 heteroatoms. The number of piperidine rings is 4. The number of carbonyl (C=O) groups is 1. The minimum atomic E-state index is -0.541. The third-order valence-corrected chi connectivity index (χ3v) is 9.31. The number of nitrogens with zero attached hydrogens (tertiary/aromatic N) is 2. The number of hydrogen-bond donors (Lipinski definition) is 2. The number of Topliss-reactive ketones (excluding diaryl/α,β-unsaturated/α-hetero) is 1. The number of alkyl halides is 1. The zero-order chi connectivity index (χ0) is 19.5. The Kier molecular flexibility index (Phi) is 3.48. The molecule has 5 heterocycles. The number of rotatable bonds is 3. The molecule has 5 aliphatic heterocycles. The number of para-hydroxylation sites is 1. The standard InChI is InChI=1S/C22H27ClN2O3/c1-3-10-15-16-13-8-22(20(16)27)11-6-4-5-7-12(11)24(2)19(22)18(25(13)21(10)28)17(15)14(26)9-23/h4-7,10,13,15-21,27-28H,3,8-9H2,1-2H3/t10-,13-,15+,16?,17?,18-,19-,20-,21+,22+/m0/s1. The zero-order valence-electron chi connectivity index (χ0n) is 16.2. The fraction of sp³-hybridized carbons (Fsp3) is 0.682. The molecular formula is C22H27ClN2O3. The van der Waals surface area contributed by atoms with E-state index in [1.54, 1.807) is 0 Å². The first-order valence-corrected chi connectivity index (χ1v) is 11.1. The molecule has 11 atom stereocenters. The second-order valence-electron chi connectivity index (χ2n) is 9.53. The smallest absolute Gasteiger partial charge is 0.152 e. The van der Waals surface area contributed by atoms with Gasteiger partial charge in [-0.05, 0) is 30.4 Å². The van der Waals surface area contributed by atoms with Crippen LogP contribution in [0.5, 0.6) is 0 Å². The SMILES string of the molecule is CC[C@H]1[C@H]2C(C(=O)CCl)[C@H]3[C@@H]4N(C)c5ccccc5[C@]45C[C@@H](C2[C@@H]5O)N3[C@@H]1O. The van der Waals surface area contributed by atoms with Crippen molar-refractivity contribution in [2.24, 2.45) is 23.7 Å². The second kappa shape index (κ2) is 5.51. The molecule has 1 saturated carbocycles. The predicted octanol–water partition coefficient (Wildman–Crippen LogP) is 1.59. The molecule has 3 unspecified atom stereocenters. The summed E-state index contributed by atoms with van der Waals surface area (Å²) in [6.45, 7) is 2.08. The fourth-order valence-electron chi connectivity index (χ4n) is 8.41. The van der Waals surface area contributed by atoms with Gasteiger partial charge in [-0.25, -0.2) is 0 Å². The van der Waals surface area contributed by atoms with Crippen LogP contribution in [0, 0.1) is 23.7 Å². The maximum atomic E-state index is 13.1. The number of aliphatic hydroxyl groups excluding tert-OH is 2. The minimum absolute atomic E-state index is 0.00189. The summed E-state index contributed by atoms with van der Waals surface area (Å²) in [7, 11) is 2.08. The molecule has 0 aromatic heterocycles. The molecule has 28 heavy (non-hydrogen) atoms. The van der Waals surface area contributed by atoms with E-state index in [4.69, 9.17) is 11.6 Å². The van der Waals surface area contributed by atoms with Crippen molar-refractivity contribution < 1.29 is 15.0 Å². The number of carbonyl (C=O) groups excluding carboxylic acids is 1. The van der Waals surface area contributed by atoms with Gasteiger partial charge in [0.25, 0.3) is 0 Å². The van der Waals surface area contributed by atoms with Crippen LogP contribution in [0.2, 0.25) is 0 Å². The van der Waals surface area contributed by atoms with E-state index in [1.807, 2.05) is 6.07 Å². The summed E-state index contributed by atoms with van der Waals surface area (Å²) < 4.78 is 0. The summed E-state index contributed by atoms with van der Waals surface area (Å²) in [5.74, 6) is -0.102. The van der Waals surface area contributed by atoms with Gasteiger partial charge < -0.3 is 15.1 Å². The average molecular weight is 403 g/mol. The zero-order valence-corrected chi connectivity index (χ0v) is 17.0. The Bertz CT molecular complexity index is 864. The van der Waals surface area contributed by atoms with Crippen LogP contribution in [0.25, 0.3) is 0 Å². The van der Waals surface area contributed by atoms with E-state index in [2.05, 4.69) is 42.0 Å². The van der Waals surface area contributed by atoms with Crippen molar-refractivity contribution in [1.82, 2.24) is 4.90 Å². The summed E-state index contributed by atoms with van der Waals surface area (Å²) in [6, 6.07) is 8.39. The van der Waals surface area contributed by atoms with Gasteiger partial charge in [-0.15, -0.1) is 11.6 Å². The van der Waals surface area contributed by atoms with Gasteiger partial charge in [-0.2, -0.15) is 0 Å². The normalized spacial score (nSPS) is 52.1. The third-order valence-electron chi connectivity index (χ3n) is 9.05. The van der Waals surface area contributed by atoms with Gasteiger partial charge >= 0.3 is 0 Å². The minimum Gasteiger partial charge on any atom is -0.392 e. The first-order chi connectivity index (χ1) is 13.5. The molecule has 5 fully saturated rings. The molecule has 1 aromatic rings. The molecule has 5 nitrogen and oxygen atoms in total. The van der Waals surface area contributed by atoms with Crippen LogP contribution in [0.4, 0.5) is 5.69 Å². The van der Waals surface area contributed by atoms with Crippen molar-refractivity contribution >= 4 is 23.1 Å². The number of aliphatic hydroxyl groups is 2. The average Bonchev–Trinajstić information content (AvgIpc) is 3.10. The topological polar surface area (TPSA) is 64.0 Å². The van der Waals surface area contributed by atoms with Crippen molar-refractivity contribution in [3.63, 3.8) is 0 Å². The van der Waals surface area contributed by atoms with Crippen molar-refractivity contribution in [2.45, 2.75) is 55.6 Å². The van der Waals surface area contributed by atoms with Crippen molar-refractivity contribution in [1.29, 1.82) is 0 Å². The summed E-state index contributed by atoms with van der Waals surface area (Å²) in [6.07, 6.45) is 0.621. The van der Waals surface area contributed by atoms with Gasteiger partial charge in [0.1, 0.15) is 6.23 Å². The lowest BCUT2D eigenvalue weighted by Gasteiger charge is -2.65. The Morgan fingerprint density at radius 2 is 2.04 bits per heavy atom. The Morgan fingerprint density at radius 1 is 1.29 bits per heavy atom. The van der Waals surface area contributed by atoms with Crippen LogP contribution >= 0.6 is 11.6 Å². The van der Waals surface area contributed by atoms with Gasteiger partial charge in [-0.3, -0.25) is 9.69 Å². The Hall–Kier alpha value is -1.14. The van der Waals surface area contributed by atoms with E-state index in [0.29, 0.717) is 0 Å². The molecule has 5 bridgehead atoms. The quantitative estimate of drug-likeness (QED) is 0.752. The van der Waals surface area contributed by atoms with Crippen molar-refractivity contribution in [3.8, 4) is 0 Å². The highest BCUT2D eigenvalue weighted by atomic mass is 35.5. The Labute approximate surface area is 170 Å². The summed E-state index contributed by atoms with van der Waals surface area (Å²) in [4.78, 5) is 17.6. The third kappa shape index (κ3) is 1.64. The number of halogens is 1. The fourth-order valence-corrected chi connectivity index (χ4v) is 8.59. The summed E-state index contributed by atoms with van der Waals surface area (Å²) in [5.41, 5.74) is 2.01. The number of ketones is 1. The van der Waals surface area contributed by atoms with Crippen LogP contribution in [0.15, 0.2) is 24.3 Å². The first kappa shape index (κ1) is 17.7. The lowest BCUT2D eigenvalue weighted by atomic mass is 9.56. The maximum absolute atomic E-state index is 13.1. The van der Waals surface area contributed by atoms with E-state index in [0.717, 1.165) is 18.5 Å². The molecule has 1 aliphatic carbocycles. The van der Waals surface area contributed by atoms with Gasteiger partial charge in [-0.1, -0.05) is 25.1 Å². The van der Waals surface area contributed by atoms with E-state index in [9.17, 15) is 15.0 Å². The van der Waals surface area contributed by atoms with Gasteiger partial charge in [0.15, 0.2) is 5.78 Å². The Morgan fingerprint density at radius 3 is 2.75 bits per heavy atom. The molecule has 150 valence electrons. The highest BCUT2D eigenvalue weighted by Gasteiger charge is 2.79. The largest absolute Gasteiger partial charge is 0.392 e. The lowest BCUT2D eigenvalue weighted by molar-refractivity contribution is -0.233. The molecule has 2 N–H and O–H groups in total. The molecule has 4 saturated heterocycles. The Balaban J connectivity index is 1.62. The van der Waals surface area contributed by atoms with Crippen LogP contribution < -0.4 is 4.90 Å². The van der Waals surface area contributed by atoms with Crippen LogP contribution in [-0.4, -0.2) is 64.3 Å². The monoisotopic (exact) mass is 402 g/mol. The number of benzene rings is 1. The summed E-state index contributed by atoms with van der Waals surface area (Å²) in [5, 5.41) is 23.1. The maximum Gasteiger partial charge on any atom is 0.152 e. The van der Waals surface area contributed by atoms with Crippen molar-refractivity contribution in [3.05, 3.63) is 29.8 Å². The second-order valence-corrected chi connectivity index (χ2v) is 9.80. The van der Waals surface area contributed by atoms with E-state index >= 15 is 0 Å². The first-order valence-electron chi connectivity index (χ1n) is 10.5. The summed E-state index contributed by atoms with van der Waals surface area (Å²) >= 11 is 6.08.